The van der Waals surface area contributed by atoms with Crippen LogP contribution in [0.5, 0.6) is 0 Å². The lowest BCUT2D eigenvalue weighted by Gasteiger charge is -2.29. The number of nitrogens with zero attached hydrogens (tertiary/aromatic N) is 1. The summed E-state index contributed by atoms with van der Waals surface area (Å²) in [6.45, 7) is 9.98. The van der Waals surface area contributed by atoms with E-state index in [9.17, 15) is 8.42 Å². The minimum atomic E-state index is -3.16. The number of likely N-dealkylation sites (N-methyl/N-ethyl adjacent to an activating group) is 1. The lowest BCUT2D eigenvalue weighted by Crippen LogP contribution is -2.46. The molecule has 94 valence electrons. The van der Waals surface area contributed by atoms with E-state index in [0.717, 1.165) is 25.0 Å². The molecule has 0 saturated carbocycles. The maximum Gasteiger partial charge on any atom is 0.218 e. The SMILES string of the molecule is C=C(C)CN(CC)S(=O)(=O)C1CCCNC1. The van der Waals surface area contributed by atoms with Gasteiger partial charge in [0.15, 0.2) is 0 Å². The molecule has 16 heavy (non-hydrogen) atoms. The Kier molecular flexibility index (Phi) is 4.95. The first kappa shape index (κ1) is 13.7. The molecule has 0 amide bonds. The highest BCUT2D eigenvalue weighted by atomic mass is 32.2. The largest absolute Gasteiger partial charge is 0.315 e. The Morgan fingerprint density at radius 2 is 2.25 bits per heavy atom. The smallest absolute Gasteiger partial charge is 0.218 e. The summed E-state index contributed by atoms with van der Waals surface area (Å²) < 4.78 is 26.1. The molecule has 1 rings (SSSR count). The molecule has 1 aliphatic rings. The van der Waals surface area contributed by atoms with E-state index in [4.69, 9.17) is 0 Å². The first-order chi connectivity index (χ1) is 7.48. The molecule has 0 aliphatic carbocycles. The minimum absolute atomic E-state index is 0.263. The second-order valence-electron chi connectivity index (χ2n) is 4.40. The molecule has 0 aromatic rings. The van der Waals surface area contributed by atoms with Gasteiger partial charge >= 0.3 is 0 Å². The number of nitrogens with one attached hydrogen (secondary N) is 1. The summed E-state index contributed by atoms with van der Waals surface area (Å²) in [7, 11) is -3.16. The second kappa shape index (κ2) is 5.80. The molecule has 0 aromatic carbocycles. The Hall–Kier alpha value is -0.390. The van der Waals surface area contributed by atoms with E-state index in [2.05, 4.69) is 11.9 Å². The molecule has 1 N–H and O–H groups in total. The van der Waals surface area contributed by atoms with Crippen LogP contribution in [0.1, 0.15) is 26.7 Å². The monoisotopic (exact) mass is 246 g/mol. The lowest BCUT2D eigenvalue weighted by molar-refractivity contribution is 0.420. The van der Waals surface area contributed by atoms with Crippen molar-refractivity contribution in [2.45, 2.75) is 31.9 Å². The van der Waals surface area contributed by atoms with E-state index >= 15 is 0 Å². The van der Waals surface area contributed by atoms with Gasteiger partial charge in [0.25, 0.3) is 0 Å². The molecular formula is C11H22N2O2S. The zero-order valence-corrected chi connectivity index (χ0v) is 11.0. The predicted molar refractivity (Wildman–Crippen MR) is 66.9 cm³/mol. The van der Waals surface area contributed by atoms with Gasteiger partial charge in [0.05, 0.1) is 5.25 Å². The van der Waals surface area contributed by atoms with Gasteiger partial charge in [-0.05, 0) is 26.3 Å². The molecule has 0 aromatic heterocycles. The van der Waals surface area contributed by atoms with Crippen LogP contribution in [0.15, 0.2) is 12.2 Å². The van der Waals surface area contributed by atoms with Crippen LogP contribution < -0.4 is 5.32 Å². The molecule has 1 fully saturated rings. The highest BCUT2D eigenvalue weighted by molar-refractivity contribution is 7.89. The van der Waals surface area contributed by atoms with Crippen molar-refractivity contribution in [1.29, 1.82) is 0 Å². The van der Waals surface area contributed by atoms with Crippen LogP contribution in [0.4, 0.5) is 0 Å². The van der Waals surface area contributed by atoms with Gasteiger partial charge in [-0.3, -0.25) is 0 Å². The summed E-state index contributed by atoms with van der Waals surface area (Å²) >= 11 is 0. The first-order valence-corrected chi connectivity index (χ1v) is 7.33. The molecule has 0 spiro atoms. The molecule has 5 heteroatoms. The number of hydrogen-bond donors (Lipinski definition) is 1. The van der Waals surface area contributed by atoms with Crippen molar-refractivity contribution in [2.75, 3.05) is 26.2 Å². The van der Waals surface area contributed by atoms with Gasteiger partial charge < -0.3 is 5.32 Å². The second-order valence-corrected chi connectivity index (χ2v) is 6.61. The van der Waals surface area contributed by atoms with Crippen molar-refractivity contribution >= 4 is 10.0 Å². The fourth-order valence-electron chi connectivity index (χ4n) is 1.97. The van der Waals surface area contributed by atoms with Crippen LogP contribution in [0, 0.1) is 0 Å². The first-order valence-electron chi connectivity index (χ1n) is 5.82. The number of rotatable bonds is 5. The van der Waals surface area contributed by atoms with Gasteiger partial charge in [-0.1, -0.05) is 19.1 Å². The van der Waals surface area contributed by atoms with E-state index in [0.29, 0.717) is 19.6 Å². The molecule has 1 heterocycles. The summed E-state index contributed by atoms with van der Waals surface area (Å²) in [5.41, 5.74) is 0.884. The zero-order valence-electron chi connectivity index (χ0n) is 10.2. The summed E-state index contributed by atoms with van der Waals surface area (Å²) in [5.74, 6) is 0. The van der Waals surface area contributed by atoms with E-state index in [1.165, 1.54) is 4.31 Å². The van der Waals surface area contributed by atoms with Gasteiger partial charge in [0, 0.05) is 19.6 Å². The van der Waals surface area contributed by atoms with Crippen LogP contribution in [0.25, 0.3) is 0 Å². The maximum absolute atomic E-state index is 12.3. The van der Waals surface area contributed by atoms with Gasteiger partial charge in [0.1, 0.15) is 0 Å². The van der Waals surface area contributed by atoms with Gasteiger partial charge in [-0.2, -0.15) is 4.31 Å². The Labute approximate surface area is 98.8 Å². The van der Waals surface area contributed by atoms with Crippen LogP contribution in [-0.4, -0.2) is 44.2 Å². The van der Waals surface area contributed by atoms with Crippen molar-refractivity contribution in [3.63, 3.8) is 0 Å². The van der Waals surface area contributed by atoms with Crippen molar-refractivity contribution in [3.8, 4) is 0 Å². The fraction of sp³-hybridized carbons (Fsp3) is 0.818. The van der Waals surface area contributed by atoms with E-state index in [-0.39, 0.29) is 5.25 Å². The third-order valence-electron chi connectivity index (χ3n) is 2.83. The van der Waals surface area contributed by atoms with Crippen LogP contribution in [-0.2, 0) is 10.0 Å². The van der Waals surface area contributed by atoms with Crippen molar-refractivity contribution in [3.05, 3.63) is 12.2 Å². The highest BCUT2D eigenvalue weighted by Crippen LogP contribution is 2.17. The number of piperidine rings is 1. The summed E-state index contributed by atoms with van der Waals surface area (Å²) in [6, 6.07) is 0. The highest BCUT2D eigenvalue weighted by Gasteiger charge is 2.31. The quantitative estimate of drug-likeness (QED) is 0.735. The average molecular weight is 246 g/mol. The maximum atomic E-state index is 12.3. The molecule has 1 aliphatic heterocycles. The van der Waals surface area contributed by atoms with Gasteiger partial charge in [-0.25, -0.2) is 8.42 Å². The molecule has 4 nitrogen and oxygen atoms in total. The lowest BCUT2D eigenvalue weighted by atomic mass is 10.2. The Morgan fingerprint density at radius 3 is 2.69 bits per heavy atom. The van der Waals surface area contributed by atoms with E-state index in [1.54, 1.807) is 0 Å². The Morgan fingerprint density at radius 1 is 1.56 bits per heavy atom. The molecule has 0 bridgehead atoms. The third-order valence-corrected chi connectivity index (χ3v) is 5.18. The average Bonchev–Trinajstić information content (AvgIpc) is 2.26. The standard InChI is InChI=1S/C11H22N2O2S/c1-4-13(9-10(2)3)16(14,15)11-6-5-7-12-8-11/h11-12H,2,4-9H2,1,3H3. The third kappa shape index (κ3) is 3.30. The topological polar surface area (TPSA) is 49.4 Å². The predicted octanol–water partition coefficient (Wildman–Crippen LogP) is 0.966. The zero-order chi connectivity index (χ0) is 12.2. The van der Waals surface area contributed by atoms with Crippen LogP contribution in [0.3, 0.4) is 0 Å². The van der Waals surface area contributed by atoms with Crippen molar-refractivity contribution in [1.82, 2.24) is 9.62 Å². The molecule has 1 atom stereocenters. The Bertz CT molecular complexity index is 332. The van der Waals surface area contributed by atoms with Crippen LogP contribution in [0.2, 0.25) is 0 Å². The Balaban J connectivity index is 2.76. The van der Waals surface area contributed by atoms with E-state index in [1.807, 2.05) is 13.8 Å². The van der Waals surface area contributed by atoms with Gasteiger partial charge in [-0.15, -0.1) is 0 Å². The van der Waals surface area contributed by atoms with Crippen LogP contribution >= 0.6 is 0 Å². The van der Waals surface area contributed by atoms with Crippen molar-refractivity contribution in [2.24, 2.45) is 0 Å². The van der Waals surface area contributed by atoms with Gasteiger partial charge in [0.2, 0.25) is 10.0 Å². The number of hydrogen-bond acceptors (Lipinski definition) is 3. The minimum Gasteiger partial charge on any atom is -0.315 e. The molecular weight excluding hydrogens is 224 g/mol. The summed E-state index contributed by atoms with van der Waals surface area (Å²) in [4.78, 5) is 0. The molecule has 1 saturated heterocycles. The summed E-state index contributed by atoms with van der Waals surface area (Å²) in [5, 5.41) is 2.88. The summed E-state index contributed by atoms with van der Waals surface area (Å²) in [6.07, 6.45) is 1.70. The van der Waals surface area contributed by atoms with Crippen molar-refractivity contribution < 1.29 is 8.42 Å². The molecule has 1 unspecified atom stereocenters. The normalized spacial score (nSPS) is 22.3. The van der Waals surface area contributed by atoms with E-state index < -0.39 is 10.0 Å². The molecule has 0 radical (unpaired) electrons. The number of sulfonamides is 1. The fourth-order valence-corrected chi connectivity index (χ4v) is 3.94.